The molecule has 0 aliphatic heterocycles. The number of benzene rings is 1. The van der Waals surface area contributed by atoms with Crippen LogP contribution in [0.1, 0.15) is 35.6 Å². The largest absolute Gasteiger partial charge is 0.493 e. The minimum atomic E-state index is 0.146. The molecular weight excluding hydrogens is 321 g/mol. The lowest BCUT2D eigenvalue weighted by Crippen LogP contribution is -2.04. The summed E-state index contributed by atoms with van der Waals surface area (Å²) in [7, 11) is 0. The molecule has 0 unspecified atom stereocenters. The fourth-order valence-electron chi connectivity index (χ4n) is 2.76. The number of aromatic hydroxyl groups is 1. The smallest absolute Gasteiger partial charge is 0.219 e. The Morgan fingerprint density at radius 1 is 1.18 bits per heavy atom. The molecule has 22 heavy (non-hydrogen) atoms. The monoisotopic (exact) mass is 333 g/mol. The highest BCUT2D eigenvalue weighted by atomic mass is 35.5. The second kappa shape index (κ2) is 5.14. The summed E-state index contributed by atoms with van der Waals surface area (Å²) in [4.78, 5) is 4.67. The summed E-state index contributed by atoms with van der Waals surface area (Å²) in [6.07, 6.45) is 4.39. The molecule has 1 aliphatic rings. The molecule has 4 rings (SSSR count). The predicted molar refractivity (Wildman–Crippen MR) is 85.9 cm³/mol. The number of rotatable bonds is 3. The minimum absolute atomic E-state index is 0.146. The molecule has 0 bridgehead atoms. The Bertz CT molecular complexity index is 851. The van der Waals surface area contributed by atoms with Gasteiger partial charge in [-0.15, -0.1) is 0 Å². The topological polar surface area (TPSA) is 50.4 Å². The van der Waals surface area contributed by atoms with Crippen molar-refractivity contribution in [3.63, 3.8) is 0 Å². The molecule has 2 aromatic heterocycles. The summed E-state index contributed by atoms with van der Waals surface area (Å²) in [5.74, 6) is 0.573. The van der Waals surface area contributed by atoms with Gasteiger partial charge in [-0.25, -0.2) is 4.98 Å². The van der Waals surface area contributed by atoms with Crippen LogP contribution in [0, 0.1) is 0 Å². The Balaban J connectivity index is 1.85. The van der Waals surface area contributed by atoms with E-state index in [0.717, 1.165) is 29.7 Å². The predicted octanol–water partition coefficient (Wildman–Crippen LogP) is 4.21. The standard InChI is InChI=1S/C16H13Cl2N3O/c17-11-5-9(6-12(18)8-11)7-13-15(10-1-2-10)20-14-3-4-19-21(14)16(13)22/h3-6,8,10,22H,1-2,7H2. The van der Waals surface area contributed by atoms with E-state index in [9.17, 15) is 5.11 Å². The molecule has 0 atom stereocenters. The van der Waals surface area contributed by atoms with E-state index in [2.05, 4.69) is 10.1 Å². The number of fused-ring (bicyclic) bond motifs is 1. The van der Waals surface area contributed by atoms with Gasteiger partial charge in [0.2, 0.25) is 5.88 Å². The maximum atomic E-state index is 10.6. The lowest BCUT2D eigenvalue weighted by Gasteiger charge is -2.12. The van der Waals surface area contributed by atoms with E-state index < -0.39 is 0 Å². The molecule has 0 spiro atoms. The molecule has 3 aromatic rings. The second-order valence-electron chi connectivity index (χ2n) is 5.63. The van der Waals surface area contributed by atoms with Gasteiger partial charge < -0.3 is 5.11 Å². The van der Waals surface area contributed by atoms with Crippen molar-refractivity contribution in [1.29, 1.82) is 0 Å². The molecule has 1 N–H and O–H groups in total. The lowest BCUT2D eigenvalue weighted by molar-refractivity contribution is 0.427. The van der Waals surface area contributed by atoms with E-state index in [1.165, 1.54) is 4.52 Å². The van der Waals surface area contributed by atoms with Gasteiger partial charge in [0.25, 0.3) is 0 Å². The quantitative estimate of drug-likeness (QED) is 0.781. The number of aromatic nitrogens is 3. The van der Waals surface area contributed by atoms with E-state index in [4.69, 9.17) is 23.2 Å². The zero-order chi connectivity index (χ0) is 15.3. The van der Waals surface area contributed by atoms with Crippen molar-refractivity contribution >= 4 is 28.8 Å². The minimum Gasteiger partial charge on any atom is -0.493 e. The highest BCUT2D eigenvalue weighted by Crippen LogP contribution is 2.43. The van der Waals surface area contributed by atoms with E-state index in [1.807, 2.05) is 12.1 Å². The molecule has 1 aliphatic carbocycles. The van der Waals surface area contributed by atoms with Crippen LogP contribution in [0.2, 0.25) is 10.0 Å². The fraction of sp³-hybridized carbons (Fsp3) is 0.250. The van der Waals surface area contributed by atoms with Gasteiger partial charge in [-0.1, -0.05) is 23.2 Å². The lowest BCUT2D eigenvalue weighted by atomic mass is 10.0. The van der Waals surface area contributed by atoms with Gasteiger partial charge in [0.05, 0.1) is 11.9 Å². The van der Waals surface area contributed by atoms with Crippen molar-refractivity contribution in [2.45, 2.75) is 25.2 Å². The molecule has 6 heteroatoms. The molecule has 112 valence electrons. The summed E-state index contributed by atoms with van der Waals surface area (Å²) in [6.45, 7) is 0. The number of hydrogen-bond donors (Lipinski definition) is 1. The van der Waals surface area contributed by atoms with Crippen molar-refractivity contribution < 1.29 is 5.11 Å². The van der Waals surface area contributed by atoms with Crippen LogP contribution in [0.4, 0.5) is 0 Å². The SMILES string of the molecule is Oc1c(Cc2cc(Cl)cc(Cl)c2)c(C2CC2)nc2ccnn12. The Labute approximate surface area is 137 Å². The average Bonchev–Trinajstić information content (AvgIpc) is 3.19. The van der Waals surface area contributed by atoms with Crippen LogP contribution in [-0.2, 0) is 6.42 Å². The van der Waals surface area contributed by atoms with E-state index in [1.54, 1.807) is 18.3 Å². The fourth-order valence-corrected chi connectivity index (χ4v) is 3.33. The van der Waals surface area contributed by atoms with Crippen molar-refractivity contribution in [3.05, 3.63) is 57.3 Å². The summed E-state index contributed by atoms with van der Waals surface area (Å²) in [6, 6.07) is 7.21. The normalized spacial score (nSPS) is 14.6. The van der Waals surface area contributed by atoms with Gasteiger partial charge in [-0.3, -0.25) is 0 Å². The van der Waals surface area contributed by atoms with Crippen molar-refractivity contribution in [1.82, 2.24) is 14.6 Å². The molecule has 0 saturated heterocycles. The number of nitrogens with zero attached hydrogens (tertiary/aromatic N) is 3. The van der Waals surface area contributed by atoms with E-state index in [0.29, 0.717) is 28.0 Å². The van der Waals surface area contributed by atoms with Crippen molar-refractivity contribution in [2.75, 3.05) is 0 Å². The maximum Gasteiger partial charge on any atom is 0.219 e. The van der Waals surface area contributed by atoms with Crippen molar-refractivity contribution in [2.24, 2.45) is 0 Å². The summed E-state index contributed by atoms with van der Waals surface area (Å²) in [5, 5.41) is 15.9. The molecule has 1 saturated carbocycles. The number of hydrogen-bond acceptors (Lipinski definition) is 3. The molecule has 2 heterocycles. The molecule has 4 nitrogen and oxygen atoms in total. The third-order valence-electron chi connectivity index (χ3n) is 3.90. The zero-order valence-corrected chi connectivity index (χ0v) is 13.1. The van der Waals surface area contributed by atoms with Crippen LogP contribution in [0.3, 0.4) is 0 Å². The second-order valence-corrected chi connectivity index (χ2v) is 6.50. The van der Waals surface area contributed by atoms with Crippen LogP contribution in [0.5, 0.6) is 5.88 Å². The first kappa shape index (κ1) is 13.9. The molecular formula is C16H13Cl2N3O. The van der Waals surface area contributed by atoms with Gasteiger partial charge >= 0.3 is 0 Å². The molecule has 1 aromatic carbocycles. The first-order valence-corrected chi connectivity index (χ1v) is 7.88. The molecule has 0 amide bonds. The van der Waals surface area contributed by atoms with Gasteiger partial charge in [0.15, 0.2) is 5.65 Å². The van der Waals surface area contributed by atoms with E-state index >= 15 is 0 Å². The third kappa shape index (κ3) is 2.42. The Hall–Kier alpha value is -1.78. The van der Waals surface area contributed by atoms with Gasteiger partial charge in [0.1, 0.15) is 0 Å². The van der Waals surface area contributed by atoms with Crippen LogP contribution >= 0.6 is 23.2 Å². The van der Waals surface area contributed by atoms with Crippen LogP contribution in [-0.4, -0.2) is 19.7 Å². The van der Waals surface area contributed by atoms with Gasteiger partial charge in [0, 0.05) is 34.0 Å². The summed E-state index contributed by atoms with van der Waals surface area (Å²) >= 11 is 12.1. The van der Waals surface area contributed by atoms with Gasteiger partial charge in [-0.05, 0) is 36.6 Å². The molecule has 1 fully saturated rings. The Morgan fingerprint density at radius 3 is 2.59 bits per heavy atom. The highest BCUT2D eigenvalue weighted by molar-refractivity contribution is 6.34. The zero-order valence-electron chi connectivity index (χ0n) is 11.6. The average molecular weight is 334 g/mol. The summed E-state index contributed by atoms with van der Waals surface area (Å²) in [5.41, 5.74) is 3.38. The van der Waals surface area contributed by atoms with E-state index in [-0.39, 0.29) is 5.88 Å². The molecule has 0 radical (unpaired) electrons. The number of halogens is 2. The first-order valence-electron chi connectivity index (χ1n) is 7.12. The first-order chi connectivity index (χ1) is 10.6. The Morgan fingerprint density at radius 2 is 1.91 bits per heavy atom. The van der Waals surface area contributed by atoms with Crippen LogP contribution in [0.15, 0.2) is 30.5 Å². The Kier molecular flexibility index (Phi) is 3.24. The maximum absolute atomic E-state index is 10.6. The third-order valence-corrected chi connectivity index (χ3v) is 4.34. The highest BCUT2D eigenvalue weighted by Gasteiger charge is 2.30. The van der Waals surface area contributed by atoms with Crippen molar-refractivity contribution in [3.8, 4) is 5.88 Å². The van der Waals surface area contributed by atoms with Gasteiger partial charge in [-0.2, -0.15) is 9.61 Å². The van der Waals surface area contributed by atoms with Crippen LogP contribution < -0.4 is 0 Å². The van der Waals surface area contributed by atoms with Crippen LogP contribution in [0.25, 0.3) is 5.65 Å². The summed E-state index contributed by atoms with van der Waals surface area (Å²) < 4.78 is 1.47.